The molecule has 36 heavy (non-hydrogen) atoms. The van der Waals surface area contributed by atoms with Crippen molar-refractivity contribution in [2.24, 2.45) is 11.7 Å². The predicted octanol–water partition coefficient (Wildman–Crippen LogP) is 0.0850. The number of aromatic hydroxyl groups is 1. The van der Waals surface area contributed by atoms with Gasteiger partial charge in [-0.05, 0) is 37.8 Å². The molecule has 200 valence electrons. The summed E-state index contributed by atoms with van der Waals surface area (Å²) in [6.45, 7) is 7.04. The molecule has 7 N–H and O–H groups in total. The number of rotatable bonds is 9. The van der Waals surface area contributed by atoms with E-state index < -0.39 is 60.0 Å². The first kappa shape index (κ1) is 27.9. The Hall–Kier alpha value is -2.73. The highest BCUT2D eigenvalue weighted by molar-refractivity contribution is 5.95. The van der Waals surface area contributed by atoms with Crippen molar-refractivity contribution < 1.29 is 39.2 Å². The van der Waals surface area contributed by atoms with Gasteiger partial charge in [0.1, 0.15) is 23.5 Å². The van der Waals surface area contributed by atoms with Crippen LogP contribution in [0.3, 0.4) is 0 Å². The van der Waals surface area contributed by atoms with Gasteiger partial charge in [0.25, 0.3) is 0 Å². The smallest absolute Gasteiger partial charge is 0.342 e. The van der Waals surface area contributed by atoms with Crippen LogP contribution in [0.1, 0.15) is 62.9 Å². The van der Waals surface area contributed by atoms with Crippen LogP contribution in [-0.4, -0.2) is 75.3 Å². The highest BCUT2D eigenvalue weighted by atomic mass is 16.6. The van der Waals surface area contributed by atoms with E-state index in [0.29, 0.717) is 18.4 Å². The van der Waals surface area contributed by atoms with Crippen LogP contribution in [0.5, 0.6) is 5.75 Å². The van der Waals surface area contributed by atoms with Gasteiger partial charge >= 0.3 is 5.97 Å². The maximum absolute atomic E-state index is 13.0. The van der Waals surface area contributed by atoms with Crippen LogP contribution in [0.2, 0.25) is 0 Å². The highest BCUT2D eigenvalue weighted by Crippen LogP contribution is 2.31. The normalized spacial score (nSPS) is 29.7. The molecule has 1 aromatic carbocycles. The zero-order valence-corrected chi connectivity index (χ0v) is 21.1. The summed E-state index contributed by atoms with van der Waals surface area (Å²) in [7, 11) is 0. The van der Waals surface area contributed by atoms with E-state index in [4.69, 9.17) is 15.2 Å². The number of esters is 1. The maximum Gasteiger partial charge on any atom is 0.342 e. The average molecular weight is 508 g/mol. The largest absolute Gasteiger partial charge is 0.507 e. The van der Waals surface area contributed by atoms with Crippen molar-refractivity contribution in [1.82, 2.24) is 10.6 Å². The van der Waals surface area contributed by atoms with Crippen LogP contribution in [0, 0.1) is 5.92 Å². The molecule has 1 unspecified atom stereocenters. The number of phenols is 1. The zero-order valence-electron chi connectivity index (χ0n) is 21.1. The topological polar surface area (TPSA) is 180 Å². The summed E-state index contributed by atoms with van der Waals surface area (Å²) < 4.78 is 11.3. The van der Waals surface area contributed by atoms with Crippen LogP contribution >= 0.6 is 0 Å². The van der Waals surface area contributed by atoms with E-state index in [1.165, 1.54) is 13.0 Å². The van der Waals surface area contributed by atoms with Gasteiger partial charge in [0.15, 0.2) is 5.79 Å². The fraction of sp³-hybridized carbons (Fsp3) is 0.640. The van der Waals surface area contributed by atoms with Gasteiger partial charge in [-0.15, -0.1) is 0 Å². The van der Waals surface area contributed by atoms with Crippen molar-refractivity contribution in [3.8, 4) is 5.75 Å². The quantitative estimate of drug-likeness (QED) is 0.252. The molecule has 2 aliphatic rings. The molecule has 11 heteroatoms. The van der Waals surface area contributed by atoms with Gasteiger partial charge in [-0.3, -0.25) is 9.59 Å². The molecule has 0 saturated carbocycles. The molecule has 1 saturated heterocycles. The van der Waals surface area contributed by atoms with Crippen LogP contribution in [0.15, 0.2) is 18.2 Å². The number of fused-ring (bicyclic) bond motifs is 1. The van der Waals surface area contributed by atoms with Crippen LogP contribution in [-0.2, 0) is 25.5 Å². The van der Waals surface area contributed by atoms with Crippen LogP contribution in [0.25, 0.3) is 0 Å². The molecule has 2 heterocycles. The third-order valence-corrected chi connectivity index (χ3v) is 6.77. The number of morpholine rings is 1. The Morgan fingerprint density at radius 3 is 2.67 bits per heavy atom. The number of primary amides is 1. The lowest BCUT2D eigenvalue weighted by molar-refractivity contribution is -0.278. The number of aliphatic hydroxyl groups excluding tert-OH is 1. The summed E-state index contributed by atoms with van der Waals surface area (Å²) in [5.74, 6) is -3.41. The molecule has 2 aliphatic heterocycles. The number of benzene rings is 1. The van der Waals surface area contributed by atoms with E-state index in [1.807, 2.05) is 13.8 Å². The maximum atomic E-state index is 13.0. The summed E-state index contributed by atoms with van der Waals surface area (Å²) in [4.78, 5) is 37.1. The van der Waals surface area contributed by atoms with Crippen molar-refractivity contribution in [3.05, 3.63) is 29.3 Å². The number of carbonyl (C=O) groups is 3. The zero-order chi connectivity index (χ0) is 26.8. The van der Waals surface area contributed by atoms with Crippen LogP contribution in [0.4, 0.5) is 0 Å². The molecule has 3 rings (SSSR count). The van der Waals surface area contributed by atoms with E-state index in [9.17, 15) is 29.7 Å². The molecule has 1 fully saturated rings. The van der Waals surface area contributed by atoms with Crippen molar-refractivity contribution in [3.63, 3.8) is 0 Å². The summed E-state index contributed by atoms with van der Waals surface area (Å²) in [5, 5.41) is 37.3. The monoisotopic (exact) mass is 507 g/mol. The van der Waals surface area contributed by atoms with Gasteiger partial charge in [0, 0.05) is 18.9 Å². The Morgan fingerprint density at radius 2 is 2.03 bits per heavy atom. The lowest BCUT2D eigenvalue weighted by Crippen LogP contribution is -2.66. The number of nitrogens with one attached hydrogen (secondary N) is 2. The number of ether oxygens (including phenoxy) is 2. The number of hydrogen-bond donors (Lipinski definition) is 6. The Balaban J connectivity index is 1.71. The Labute approximate surface area is 210 Å². The first-order valence-electron chi connectivity index (χ1n) is 12.2. The molecule has 7 atom stereocenters. The minimum Gasteiger partial charge on any atom is -0.507 e. The molecule has 11 nitrogen and oxygen atoms in total. The molecule has 0 aromatic heterocycles. The number of aliphatic hydroxyl groups is 2. The van der Waals surface area contributed by atoms with Gasteiger partial charge in [-0.25, -0.2) is 4.79 Å². The highest BCUT2D eigenvalue weighted by Gasteiger charge is 2.46. The predicted molar refractivity (Wildman–Crippen MR) is 129 cm³/mol. The van der Waals surface area contributed by atoms with Gasteiger partial charge in [0.2, 0.25) is 11.8 Å². The van der Waals surface area contributed by atoms with Crippen molar-refractivity contribution in [2.75, 3.05) is 0 Å². The lowest BCUT2D eigenvalue weighted by Gasteiger charge is -2.46. The second kappa shape index (κ2) is 11.1. The van der Waals surface area contributed by atoms with E-state index in [1.54, 1.807) is 19.1 Å². The summed E-state index contributed by atoms with van der Waals surface area (Å²) in [5.41, 5.74) is 6.09. The van der Waals surface area contributed by atoms with Crippen molar-refractivity contribution in [1.29, 1.82) is 0 Å². The fourth-order valence-electron chi connectivity index (χ4n) is 4.82. The van der Waals surface area contributed by atoms with Crippen LogP contribution < -0.4 is 16.4 Å². The minimum absolute atomic E-state index is 0.127. The third-order valence-electron chi connectivity index (χ3n) is 6.77. The summed E-state index contributed by atoms with van der Waals surface area (Å²) in [6, 6.07) is 3.01. The second-order valence-corrected chi connectivity index (χ2v) is 10.3. The fourth-order valence-corrected chi connectivity index (χ4v) is 4.82. The first-order chi connectivity index (χ1) is 16.8. The molecule has 0 spiro atoms. The third kappa shape index (κ3) is 6.52. The molecule has 0 radical (unpaired) electrons. The lowest BCUT2D eigenvalue weighted by atomic mass is 9.90. The van der Waals surface area contributed by atoms with E-state index in [0.717, 1.165) is 0 Å². The van der Waals surface area contributed by atoms with Gasteiger partial charge in [-0.1, -0.05) is 26.0 Å². The Morgan fingerprint density at radius 1 is 1.33 bits per heavy atom. The first-order valence-corrected chi connectivity index (χ1v) is 12.2. The minimum atomic E-state index is -1.63. The van der Waals surface area contributed by atoms with Gasteiger partial charge in [0.05, 0.1) is 24.6 Å². The number of phenolic OH excluding ortho intramolecular Hbond substituents is 1. The van der Waals surface area contributed by atoms with Gasteiger partial charge in [-0.2, -0.15) is 0 Å². The number of amides is 2. The molecule has 0 bridgehead atoms. The molecule has 1 aromatic rings. The van der Waals surface area contributed by atoms with Gasteiger partial charge < -0.3 is 41.2 Å². The summed E-state index contributed by atoms with van der Waals surface area (Å²) in [6.07, 6.45) is -2.79. The number of nitrogens with two attached hydrogens (primary N) is 1. The SMILES string of the molecule is CC(C)C[C@H](NC(=O)C[C@@H](O)[C@H]1O[C@](C)(O)[C@H](C)NC1CC(N)=O)[C@@H]1Cc2cccc(O)c2C(=O)O1. The number of carbonyl (C=O) groups excluding carboxylic acids is 3. The van der Waals surface area contributed by atoms with E-state index >= 15 is 0 Å². The summed E-state index contributed by atoms with van der Waals surface area (Å²) >= 11 is 0. The Bertz CT molecular complexity index is 982. The number of cyclic esters (lactones) is 1. The molecular weight excluding hydrogens is 470 g/mol. The van der Waals surface area contributed by atoms with E-state index in [-0.39, 0.29) is 30.1 Å². The Kier molecular flexibility index (Phi) is 8.60. The molecule has 2 amide bonds. The van der Waals surface area contributed by atoms with Crippen molar-refractivity contribution >= 4 is 17.8 Å². The van der Waals surface area contributed by atoms with E-state index in [2.05, 4.69) is 10.6 Å². The average Bonchev–Trinajstić information content (AvgIpc) is 2.74. The second-order valence-electron chi connectivity index (χ2n) is 10.3. The molecular formula is C25H37N3O8. The van der Waals surface area contributed by atoms with Crippen molar-refractivity contribution in [2.45, 2.75) is 95.6 Å². The molecule has 0 aliphatic carbocycles. The standard InChI is InChI=1S/C25H37N3O8/c1-12(2)8-15(19-9-14-6-5-7-17(29)22(14)24(33)35-19)28-21(32)11-18(30)23-16(10-20(26)31)27-13(3)25(4,34)36-23/h5-7,12-13,15-16,18-19,23,27,29-30,34H,8-11H2,1-4H3,(H2,26,31)(H,28,32)/t13-,15-,16?,18+,19-,23-,25-/m0/s1. The number of hydrogen-bond acceptors (Lipinski definition) is 9.